The topological polar surface area (TPSA) is 85.0 Å². The van der Waals surface area contributed by atoms with Gasteiger partial charge in [0.2, 0.25) is 5.91 Å². The minimum absolute atomic E-state index is 0.260. The van der Waals surface area contributed by atoms with Crippen LogP contribution in [0.1, 0.15) is 47.8 Å². The monoisotopic (exact) mass is 339 g/mol. The maximum atomic E-state index is 11.0. The van der Waals surface area contributed by atoms with Crippen molar-refractivity contribution in [2.24, 2.45) is 5.73 Å². The summed E-state index contributed by atoms with van der Waals surface area (Å²) in [5.41, 5.74) is 9.55. The molecule has 0 radical (unpaired) electrons. The Morgan fingerprint density at radius 1 is 1.16 bits per heavy atom. The van der Waals surface area contributed by atoms with Crippen LogP contribution in [0.25, 0.3) is 0 Å². The van der Waals surface area contributed by atoms with E-state index in [1.165, 1.54) is 0 Å². The summed E-state index contributed by atoms with van der Waals surface area (Å²) < 4.78 is 0. The van der Waals surface area contributed by atoms with E-state index in [1.54, 1.807) is 6.33 Å². The first-order valence-electron chi connectivity index (χ1n) is 8.80. The summed E-state index contributed by atoms with van der Waals surface area (Å²) in [4.78, 5) is 26.6. The van der Waals surface area contributed by atoms with Crippen LogP contribution in [0.15, 0.2) is 24.5 Å². The van der Waals surface area contributed by atoms with Crippen LogP contribution in [0, 0.1) is 13.8 Å². The van der Waals surface area contributed by atoms with E-state index in [4.69, 9.17) is 10.7 Å². The summed E-state index contributed by atoms with van der Waals surface area (Å²) >= 11 is 0. The van der Waals surface area contributed by atoms with Gasteiger partial charge in [0.25, 0.3) is 0 Å². The van der Waals surface area contributed by atoms with Crippen LogP contribution >= 0.6 is 0 Å². The summed E-state index contributed by atoms with van der Waals surface area (Å²) in [5, 5.41) is 0. The zero-order valence-electron chi connectivity index (χ0n) is 14.9. The van der Waals surface area contributed by atoms with Gasteiger partial charge >= 0.3 is 0 Å². The van der Waals surface area contributed by atoms with Crippen LogP contribution in [0.3, 0.4) is 0 Å². The van der Waals surface area contributed by atoms with Gasteiger partial charge in [0.15, 0.2) is 0 Å². The van der Waals surface area contributed by atoms with Gasteiger partial charge in [-0.25, -0.2) is 9.97 Å². The van der Waals surface area contributed by atoms with Crippen LogP contribution in [-0.4, -0.2) is 33.9 Å². The Kier molecular flexibility index (Phi) is 5.26. The SMILES string of the molecule is Cc1cc(N2CCC(c3cc(CCC(N)=O)cc(C)n3)CC2)ncn1. The standard InChI is InChI=1S/C19H25N5O/c1-13-10-19(22-12-21-13)24-7-5-16(6-8-24)17-11-15(3-4-18(20)25)9-14(2)23-17/h9-12,16H,3-8H2,1-2H3,(H2,20,25). The largest absolute Gasteiger partial charge is 0.370 e. The molecule has 2 aromatic heterocycles. The van der Waals surface area contributed by atoms with Crippen LogP contribution in [0.5, 0.6) is 0 Å². The van der Waals surface area contributed by atoms with Gasteiger partial charge in [0.1, 0.15) is 12.1 Å². The second-order valence-corrected chi connectivity index (χ2v) is 6.79. The van der Waals surface area contributed by atoms with E-state index in [0.29, 0.717) is 18.8 Å². The second-order valence-electron chi connectivity index (χ2n) is 6.79. The molecule has 0 spiro atoms. The number of amides is 1. The summed E-state index contributed by atoms with van der Waals surface area (Å²) in [6, 6.07) is 6.23. The Hall–Kier alpha value is -2.50. The quantitative estimate of drug-likeness (QED) is 0.903. The number of piperidine rings is 1. The minimum atomic E-state index is -0.260. The lowest BCUT2D eigenvalue weighted by molar-refractivity contribution is -0.117. The molecule has 25 heavy (non-hydrogen) atoms. The third-order valence-corrected chi connectivity index (χ3v) is 4.72. The molecule has 6 heteroatoms. The maximum absolute atomic E-state index is 11.0. The number of primary amides is 1. The van der Waals surface area contributed by atoms with Crippen molar-refractivity contribution in [3.63, 3.8) is 0 Å². The van der Waals surface area contributed by atoms with Gasteiger partial charge in [-0.3, -0.25) is 9.78 Å². The smallest absolute Gasteiger partial charge is 0.217 e. The van der Waals surface area contributed by atoms with Gasteiger partial charge in [-0.15, -0.1) is 0 Å². The molecule has 3 heterocycles. The molecule has 1 amide bonds. The van der Waals surface area contributed by atoms with Crippen molar-refractivity contribution in [1.82, 2.24) is 15.0 Å². The van der Waals surface area contributed by atoms with Crippen molar-refractivity contribution in [3.05, 3.63) is 47.2 Å². The van der Waals surface area contributed by atoms with E-state index in [9.17, 15) is 4.79 Å². The summed E-state index contributed by atoms with van der Waals surface area (Å²) in [7, 11) is 0. The molecule has 0 aromatic carbocycles. The fraction of sp³-hybridized carbons (Fsp3) is 0.474. The number of nitrogens with zero attached hydrogens (tertiary/aromatic N) is 4. The zero-order valence-corrected chi connectivity index (χ0v) is 14.9. The van der Waals surface area contributed by atoms with E-state index in [-0.39, 0.29) is 5.91 Å². The van der Waals surface area contributed by atoms with E-state index in [2.05, 4.69) is 20.9 Å². The predicted octanol–water partition coefficient (Wildman–Crippen LogP) is 2.29. The van der Waals surface area contributed by atoms with Gasteiger partial charge in [0.05, 0.1) is 0 Å². The predicted molar refractivity (Wildman–Crippen MR) is 97.4 cm³/mol. The molecule has 0 bridgehead atoms. The van der Waals surface area contributed by atoms with E-state index >= 15 is 0 Å². The average molecular weight is 339 g/mol. The number of pyridine rings is 1. The molecule has 0 atom stereocenters. The molecule has 0 saturated carbocycles. The fourth-order valence-electron chi connectivity index (χ4n) is 3.41. The lowest BCUT2D eigenvalue weighted by atomic mass is 9.91. The molecule has 0 aliphatic carbocycles. The summed E-state index contributed by atoms with van der Waals surface area (Å²) in [6.07, 6.45) is 4.80. The highest BCUT2D eigenvalue weighted by molar-refractivity contribution is 5.74. The lowest BCUT2D eigenvalue weighted by Gasteiger charge is -2.32. The number of hydrogen-bond donors (Lipinski definition) is 1. The Morgan fingerprint density at radius 2 is 1.92 bits per heavy atom. The Bertz CT molecular complexity index is 753. The maximum Gasteiger partial charge on any atom is 0.217 e. The number of aromatic nitrogens is 3. The number of hydrogen-bond acceptors (Lipinski definition) is 5. The van der Waals surface area contributed by atoms with Gasteiger partial charge in [0, 0.05) is 48.6 Å². The number of nitrogens with two attached hydrogens (primary N) is 1. The highest BCUT2D eigenvalue weighted by atomic mass is 16.1. The fourth-order valence-corrected chi connectivity index (χ4v) is 3.41. The number of carbonyl (C=O) groups excluding carboxylic acids is 1. The van der Waals surface area contributed by atoms with Crippen molar-refractivity contribution in [2.45, 2.75) is 45.4 Å². The Morgan fingerprint density at radius 3 is 2.60 bits per heavy atom. The highest BCUT2D eigenvalue weighted by Gasteiger charge is 2.23. The molecule has 1 aliphatic heterocycles. The molecule has 1 fully saturated rings. The Balaban J connectivity index is 1.67. The van der Waals surface area contributed by atoms with Crippen LogP contribution < -0.4 is 10.6 Å². The van der Waals surface area contributed by atoms with Crippen LogP contribution in [0.2, 0.25) is 0 Å². The van der Waals surface area contributed by atoms with Gasteiger partial charge in [-0.05, 0) is 50.8 Å². The third-order valence-electron chi connectivity index (χ3n) is 4.72. The molecule has 3 rings (SSSR count). The summed E-state index contributed by atoms with van der Waals surface area (Å²) in [5.74, 6) is 1.20. The number of carbonyl (C=O) groups is 1. The van der Waals surface area contributed by atoms with Crippen molar-refractivity contribution >= 4 is 11.7 Å². The van der Waals surface area contributed by atoms with Gasteiger partial charge in [-0.1, -0.05) is 0 Å². The van der Waals surface area contributed by atoms with E-state index in [0.717, 1.165) is 54.4 Å². The van der Waals surface area contributed by atoms with E-state index < -0.39 is 0 Å². The third kappa shape index (κ3) is 4.53. The zero-order chi connectivity index (χ0) is 17.8. The van der Waals surface area contributed by atoms with E-state index in [1.807, 2.05) is 26.0 Å². The molecule has 2 aromatic rings. The molecule has 1 saturated heterocycles. The van der Waals surface area contributed by atoms with Gasteiger partial charge in [-0.2, -0.15) is 0 Å². The second kappa shape index (κ2) is 7.59. The normalized spacial score (nSPS) is 15.4. The molecule has 2 N–H and O–H groups in total. The van der Waals surface area contributed by atoms with Crippen molar-refractivity contribution < 1.29 is 4.79 Å². The average Bonchev–Trinajstić information content (AvgIpc) is 2.60. The molecular formula is C19H25N5O. The number of anilines is 1. The van der Waals surface area contributed by atoms with Crippen molar-refractivity contribution in [2.75, 3.05) is 18.0 Å². The van der Waals surface area contributed by atoms with Crippen LogP contribution in [0.4, 0.5) is 5.82 Å². The number of rotatable bonds is 5. The first kappa shape index (κ1) is 17.3. The van der Waals surface area contributed by atoms with Crippen molar-refractivity contribution in [3.8, 4) is 0 Å². The highest BCUT2D eigenvalue weighted by Crippen LogP contribution is 2.29. The Labute approximate surface area is 148 Å². The van der Waals surface area contributed by atoms with Crippen LogP contribution in [-0.2, 0) is 11.2 Å². The van der Waals surface area contributed by atoms with Crippen molar-refractivity contribution in [1.29, 1.82) is 0 Å². The lowest BCUT2D eigenvalue weighted by Crippen LogP contribution is -2.33. The first-order valence-corrected chi connectivity index (χ1v) is 8.80. The molecular weight excluding hydrogens is 314 g/mol. The number of aryl methyl sites for hydroxylation is 3. The molecule has 0 unspecified atom stereocenters. The minimum Gasteiger partial charge on any atom is -0.370 e. The molecule has 132 valence electrons. The van der Waals surface area contributed by atoms with Gasteiger partial charge < -0.3 is 10.6 Å². The first-order chi connectivity index (χ1) is 12.0. The molecule has 6 nitrogen and oxygen atoms in total. The molecule has 1 aliphatic rings. The summed E-state index contributed by atoms with van der Waals surface area (Å²) in [6.45, 7) is 5.93.